The van der Waals surface area contributed by atoms with Gasteiger partial charge in [0.2, 0.25) is 0 Å². The first-order valence-electron chi connectivity index (χ1n) is 4.47. The van der Waals surface area contributed by atoms with Crippen molar-refractivity contribution in [3.05, 3.63) is 24.3 Å². The molecule has 1 aromatic rings. The van der Waals surface area contributed by atoms with Crippen LogP contribution in [0.4, 0.5) is 11.4 Å². The minimum absolute atomic E-state index is 0. The first-order valence-corrected chi connectivity index (χ1v) is 4.47. The molecule has 0 aliphatic carbocycles. The molecule has 1 aliphatic rings. The van der Waals surface area contributed by atoms with Gasteiger partial charge in [0, 0.05) is 13.1 Å². The minimum atomic E-state index is 0. The van der Waals surface area contributed by atoms with Crippen molar-refractivity contribution in [3.8, 4) is 0 Å². The van der Waals surface area contributed by atoms with Gasteiger partial charge in [0.1, 0.15) is 0 Å². The van der Waals surface area contributed by atoms with E-state index in [2.05, 4.69) is 11.0 Å². The van der Waals surface area contributed by atoms with E-state index in [1.165, 1.54) is 18.5 Å². The van der Waals surface area contributed by atoms with Crippen LogP contribution >= 0.6 is 24.8 Å². The maximum absolute atomic E-state index is 5.86. The van der Waals surface area contributed by atoms with Crippen molar-refractivity contribution in [2.75, 3.05) is 23.7 Å². The zero-order valence-corrected chi connectivity index (χ0v) is 9.61. The summed E-state index contributed by atoms with van der Waals surface area (Å²) >= 11 is 0. The fourth-order valence-corrected chi connectivity index (χ4v) is 1.73. The van der Waals surface area contributed by atoms with Gasteiger partial charge in [-0.2, -0.15) is 0 Å². The number of hydrogen-bond donors (Lipinski definition) is 1. The van der Waals surface area contributed by atoms with Gasteiger partial charge in [-0.15, -0.1) is 24.8 Å². The molecule has 1 aliphatic heterocycles. The van der Waals surface area contributed by atoms with Crippen LogP contribution < -0.4 is 10.6 Å². The van der Waals surface area contributed by atoms with Crippen molar-refractivity contribution in [2.45, 2.75) is 12.8 Å². The molecule has 1 aromatic carbocycles. The zero-order valence-electron chi connectivity index (χ0n) is 7.98. The maximum Gasteiger partial charge on any atom is 0.0599 e. The molecule has 0 aromatic heterocycles. The highest BCUT2D eigenvalue weighted by molar-refractivity contribution is 5.85. The Hall–Kier alpha value is -0.600. The molecule has 1 fully saturated rings. The largest absolute Gasteiger partial charge is 0.397 e. The number of para-hydroxylation sites is 2. The van der Waals surface area contributed by atoms with Crippen LogP contribution in [-0.2, 0) is 0 Å². The molecule has 2 nitrogen and oxygen atoms in total. The van der Waals surface area contributed by atoms with Crippen LogP contribution in [0.15, 0.2) is 24.3 Å². The second-order valence-electron chi connectivity index (χ2n) is 3.25. The third kappa shape index (κ3) is 2.69. The first-order chi connectivity index (χ1) is 5.88. The van der Waals surface area contributed by atoms with E-state index in [0.29, 0.717) is 0 Å². The van der Waals surface area contributed by atoms with Gasteiger partial charge >= 0.3 is 0 Å². The fourth-order valence-electron chi connectivity index (χ4n) is 1.73. The number of nitrogen functional groups attached to an aromatic ring is 1. The minimum Gasteiger partial charge on any atom is -0.397 e. The van der Waals surface area contributed by atoms with E-state index in [0.717, 1.165) is 18.8 Å². The van der Waals surface area contributed by atoms with Gasteiger partial charge in [0.25, 0.3) is 0 Å². The number of benzene rings is 1. The maximum atomic E-state index is 5.86. The number of hydrogen-bond acceptors (Lipinski definition) is 2. The fraction of sp³-hybridized carbons (Fsp3) is 0.400. The summed E-state index contributed by atoms with van der Waals surface area (Å²) in [5.74, 6) is 0. The van der Waals surface area contributed by atoms with Crippen LogP contribution in [0.3, 0.4) is 0 Å². The Morgan fingerprint density at radius 3 is 2.14 bits per heavy atom. The second-order valence-corrected chi connectivity index (χ2v) is 3.25. The van der Waals surface area contributed by atoms with E-state index in [-0.39, 0.29) is 24.8 Å². The Bertz CT molecular complexity index is 273. The van der Waals surface area contributed by atoms with Crippen LogP contribution in [0, 0.1) is 0 Å². The van der Waals surface area contributed by atoms with Gasteiger partial charge in [-0.3, -0.25) is 0 Å². The second kappa shape index (κ2) is 5.99. The number of halogens is 2. The van der Waals surface area contributed by atoms with Crippen molar-refractivity contribution in [1.29, 1.82) is 0 Å². The quantitative estimate of drug-likeness (QED) is 0.758. The van der Waals surface area contributed by atoms with Crippen molar-refractivity contribution in [1.82, 2.24) is 0 Å². The van der Waals surface area contributed by atoms with Gasteiger partial charge in [0.15, 0.2) is 0 Å². The van der Waals surface area contributed by atoms with Crippen molar-refractivity contribution in [3.63, 3.8) is 0 Å². The smallest absolute Gasteiger partial charge is 0.0599 e. The SMILES string of the molecule is Cl.Cl.Nc1ccccc1N1CCCC1. The van der Waals surface area contributed by atoms with Crippen molar-refractivity contribution >= 4 is 36.2 Å². The molecule has 14 heavy (non-hydrogen) atoms. The monoisotopic (exact) mass is 234 g/mol. The summed E-state index contributed by atoms with van der Waals surface area (Å²) in [5.41, 5.74) is 7.96. The molecule has 1 heterocycles. The average Bonchev–Trinajstić information content (AvgIpc) is 2.57. The van der Waals surface area contributed by atoms with Crippen LogP contribution in [0.25, 0.3) is 0 Å². The molecule has 0 atom stereocenters. The van der Waals surface area contributed by atoms with Crippen molar-refractivity contribution in [2.24, 2.45) is 0 Å². The predicted octanol–water partition coefficient (Wildman–Crippen LogP) is 2.71. The summed E-state index contributed by atoms with van der Waals surface area (Å²) in [7, 11) is 0. The molecule has 0 radical (unpaired) electrons. The summed E-state index contributed by atoms with van der Waals surface area (Å²) in [5, 5.41) is 0. The summed E-state index contributed by atoms with van der Waals surface area (Å²) in [6.45, 7) is 2.32. The lowest BCUT2D eigenvalue weighted by molar-refractivity contribution is 0.949. The van der Waals surface area contributed by atoms with E-state index in [1.54, 1.807) is 0 Å². The molecule has 0 amide bonds. The average molecular weight is 235 g/mol. The van der Waals surface area contributed by atoms with Gasteiger partial charge < -0.3 is 10.6 Å². The molecular weight excluding hydrogens is 219 g/mol. The van der Waals surface area contributed by atoms with Gasteiger partial charge in [0.05, 0.1) is 11.4 Å². The molecule has 0 bridgehead atoms. The van der Waals surface area contributed by atoms with Gasteiger partial charge in [-0.05, 0) is 25.0 Å². The number of rotatable bonds is 1. The number of nitrogens with zero attached hydrogens (tertiary/aromatic N) is 1. The normalized spacial score (nSPS) is 14.4. The van der Waals surface area contributed by atoms with Gasteiger partial charge in [-0.1, -0.05) is 12.1 Å². The number of anilines is 2. The molecular formula is C10H16Cl2N2. The highest BCUT2D eigenvalue weighted by Crippen LogP contribution is 2.25. The topological polar surface area (TPSA) is 29.3 Å². The predicted molar refractivity (Wildman–Crippen MR) is 66.8 cm³/mol. The Kier molecular flexibility index (Phi) is 5.73. The summed E-state index contributed by atoms with van der Waals surface area (Å²) in [6.07, 6.45) is 2.60. The molecule has 0 spiro atoms. The molecule has 4 heteroatoms. The van der Waals surface area contributed by atoms with Crippen molar-refractivity contribution < 1.29 is 0 Å². The molecule has 0 saturated carbocycles. The highest BCUT2D eigenvalue weighted by Gasteiger charge is 2.13. The number of nitrogens with two attached hydrogens (primary N) is 1. The van der Waals surface area contributed by atoms with Crippen LogP contribution in [0.5, 0.6) is 0 Å². The zero-order chi connectivity index (χ0) is 8.39. The first kappa shape index (κ1) is 13.4. The standard InChI is InChI=1S/C10H14N2.2ClH/c11-9-5-1-2-6-10(9)12-7-3-4-8-12;;/h1-2,5-6H,3-4,7-8,11H2;2*1H. The van der Waals surface area contributed by atoms with E-state index in [9.17, 15) is 0 Å². The summed E-state index contributed by atoms with van der Waals surface area (Å²) in [4.78, 5) is 2.36. The molecule has 2 rings (SSSR count). The van der Waals surface area contributed by atoms with E-state index in [1.807, 2.05) is 18.2 Å². The Morgan fingerprint density at radius 1 is 1.00 bits per heavy atom. The van der Waals surface area contributed by atoms with Gasteiger partial charge in [-0.25, -0.2) is 0 Å². The summed E-state index contributed by atoms with van der Waals surface area (Å²) < 4.78 is 0. The van der Waals surface area contributed by atoms with E-state index < -0.39 is 0 Å². The molecule has 0 unspecified atom stereocenters. The summed E-state index contributed by atoms with van der Waals surface area (Å²) in [6, 6.07) is 8.09. The third-order valence-corrected chi connectivity index (χ3v) is 2.38. The lowest BCUT2D eigenvalue weighted by Gasteiger charge is -2.19. The molecule has 80 valence electrons. The van der Waals surface area contributed by atoms with E-state index in [4.69, 9.17) is 5.73 Å². The third-order valence-electron chi connectivity index (χ3n) is 2.38. The van der Waals surface area contributed by atoms with Crippen LogP contribution in [0.1, 0.15) is 12.8 Å². The van der Waals surface area contributed by atoms with Crippen LogP contribution in [-0.4, -0.2) is 13.1 Å². The Morgan fingerprint density at radius 2 is 1.57 bits per heavy atom. The highest BCUT2D eigenvalue weighted by atomic mass is 35.5. The lowest BCUT2D eigenvalue weighted by atomic mass is 10.2. The van der Waals surface area contributed by atoms with E-state index >= 15 is 0 Å². The van der Waals surface area contributed by atoms with Crippen LogP contribution in [0.2, 0.25) is 0 Å². The Labute approximate surface area is 97.3 Å². The lowest BCUT2D eigenvalue weighted by Crippen LogP contribution is -2.18. The molecule has 2 N–H and O–H groups in total. The Balaban J connectivity index is 0.000000845. The molecule has 1 saturated heterocycles.